The van der Waals surface area contributed by atoms with Gasteiger partial charge in [0.25, 0.3) is 0 Å². The quantitative estimate of drug-likeness (QED) is 0.197. The normalized spacial score (nSPS) is 14.7. The van der Waals surface area contributed by atoms with Crippen molar-refractivity contribution in [1.29, 1.82) is 0 Å². The van der Waals surface area contributed by atoms with Crippen LogP contribution in [0.25, 0.3) is 65.4 Å². The molecule has 1 aliphatic heterocycles. The van der Waals surface area contributed by atoms with Crippen LogP contribution in [0.5, 0.6) is 0 Å². The molecule has 1 N–H and O–H groups in total. The third-order valence-electron chi connectivity index (χ3n) is 9.70. The van der Waals surface area contributed by atoms with Crippen molar-refractivity contribution in [2.45, 2.75) is 6.17 Å². The lowest BCUT2D eigenvalue weighted by atomic mass is 9.98. The van der Waals surface area contributed by atoms with E-state index < -0.39 is 0 Å². The standard InChI is InChI=1S/C45H29N3O/c1-2-12-30(13-3-1)43-46-44(34-24-25-36-32(27-34)23-21-29-11-6-7-15-35(29)36)48-45(47-43)39-18-9-19-40-41(39)38-17-8-16-37(42(38)49-40)33-22-20-28-10-4-5-14-31(28)26-33/h1-27,43H,(H,46,47,48). The highest BCUT2D eigenvalue weighted by atomic mass is 16.3. The number of para-hydroxylation sites is 1. The Labute approximate surface area is 282 Å². The molecule has 0 saturated heterocycles. The second kappa shape index (κ2) is 11.0. The molecule has 49 heavy (non-hydrogen) atoms. The van der Waals surface area contributed by atoms with Crippen LogP contribution in [0.3, 0.4) is 0 Å². The lowest BCUT2D eigenvalue weighted by molar-refractivity contribution is 0.668. The second-order valence-corrected chi connectivity index (χ2v) is 12.6. The first-order valence-electron chi connectivity index (χ1n) is 16.6. The average molecular weight is 628 g/mol. The number of furan rings is 1. The summed E-state index contributed by atoms with van der Waals surface area (Å²) in [7, 11) is 0. The molecule has 0 amide bonds. The predicted octanol–water partition coefficient (Wildman–Crippen LogP) is 11.2. The van der Waals surface area contributed by atoms with Crippen molar-refractivity contribution in [2.24, 2.45) is 9.98 Å². The van der Waals surface area contributed by atoms with E-state index >= 15 is 0 Å². The number of hydrogen-bond acceptors (Lipinski definition) is 4. The minimum atomic E-state index is -0.308. The van der Waals surface area contributed by atoms with E-state index in [1.54, 1.807) is 0 Å². The van der Waals surface area contributed by atoms with E-state index in [0.717, 1.165) is 61.0 Å². The van der Waals surface area contributed by atoms with Gasteiger partial charge in [-0.2, -0.15) is 0 Å². The summed E-state index contributed by atoms with van der Waals surface area (Å²) in [5.74, 6) is 1.46. The maximum absolute atomic E-state index is 6.67. The first-order chi connectivity index (χ1) is 24.3. The number of nitrogens with zero attached hydrogens (tertiary/aromatic N) is 2. The van der Waals surface area contributed by atoms with Crippen LogP contribution in [0.15, 0.2) is 178 Å². The van der Waals surface area contributed by atoms with Gasteiger partial charge in [0.05, 0.1) is 0 Å². The molecule has 0 spiro atoms. The summed E-state index contributed by atoms with van der Waals surface area (Å²) in [5.41, 5.74) is 6.91. The zero-order chi connectivity index (χ0) is 32.3. The molecule has 10 rings (SSSR count). The van der Waals surface area contributed by atoms with Gasteiger partial charge in [0, 0.05) is 27.5 Å². The van der Waals surface area contributed by atoms with Gasteiger partial charge < -0.3 is 9.73 Å². The molecular formula is C45H29N3O. The van der Waals surface area contributed by atoms with Gasteiger partial charge in [-0.3, -0.25) is 0 Å². The number of fused-ring (bicyclic) bond motifs is 7. The summed E-state index contributed by atoms with van der Waals surface area (Å²) < 4.78 is 6.67. The molecule has 8 aromatic carbocycles. The third kappa shape index (κ3) is 4.61. The monoisotopic (exact) mass is 627 g/mol. The Hall–Kier alpha value is -6.52. The zero-order valence-corrected chi connectivity index (χ0v) is 26.5. The summed E-state index contributed by atoms with van der Waals surface area (Å²) in [5, 5.41) is 13.0. The van der Waals surface area contributed by atoms with Gasteiger partial charge in [-0.15, -0.1) is 0 Å². The molecule has 4 heteroatoms. The first-order valence-corrected chi connectivity index (χ1v) is 16.6. The van der Waals surface area contributed by atoms with Gasteiger partial charge in [-0.05, 0) is 61.6 Å². The molecule has 0 saturated carbocycles. The van der Waals surface area contributed by atoms with Crippen molar-refractivity contribution in [2.75, 3.05) is 0 Å². The smallest absolute Gasteiger partial charge is 0.159 e. The molecule has 0 fully saturated rings. The van der Waals surface area contributed by atoms with E-state index in [-0.39, 0.29) is 6.17 Å². The van der Waals surface area contributed by atoms with Crippen LogP contribution in [-0.4, -0.2) is 11.7 Å². The largest absolute Gasteiger partial charge is 0.455 e. The fourth-order valence-corrected chi connectivity index (χ4v) is 7.30. The van der Waals surface area contributed by atoms with E-state index in [9.17, 15) is 0 Å². The van der Waals surface area contributed by atoms with Gasteiger partial charge in [-0.1, -0.05) is 146 Å². The summed E-state index contributed by atoms with van der Waals surface area (Å²) in [6.07, 6.45) is -0.308. The summed E-state index contributed by atoms with van der Waals surface area (Å²) >= 11 is 0. The number of hydrogen-bond donors (Lipinski definition) is 1. The van der Waals surface area contributed by atoms with Crippen LogP contribution < -0.4 is 5.32 Å². The molecule has 1 atom stereocenters. The summed E-state index contributed by atoms with van der Waals surface area (Å²) in [4.78, 5) is 10.4. The van der Waals surface area contributed by atoms with Crippen molar-refractivity contribution in [3.63, 3.8) is 0 Å². The Kier molecular flexibility index (Phi) is 6.21. The number of amidine groups is 2. The van der Waals surface area contributed by atoms with Gasteiger partial charge in [-0.25, -0.2) is 9.98 Å². The fraction of sp³-hybridized carbons (Fsp3) is 0.0222. The molecule has 1 aromatic heterocycles. The Morgan fingerprint density at radius 2 is 1.16 bits per heavy atom. The lowest BCUT2D eigenvalue weighted by Crippen LogP contribution is -2.33. The topological polar surface area (TPSA) is 49.9 Å². The Balaban J connectivity index is 1.14. The third-order valence-corrected chi connectivity index (χ3v) is 9.70. The number of aliphatic imine (C=N–C) groups is 2. The molecule has 9 aromatic rings. The molecule has 0 radical (unpaired) electrons. The van der Waals surface area contributed by atoms with E-state index in [1.165, 1.54) is 26.9 Å². The van der Waals surface area contributed by atoms with Crippen molar-refractivity contribution < 1.29 is 4.42 Å². The molecule has 0 aliphatic carbocycles. The highest BCUT2D eigenvalue weighted by molar-refractivity contribution is 6.23. The average Bonchev–Trinajstić information content (AvgIpc) is 3.57. The SMILES string of the molecule is c1ccc(C2N=C(c3ccc4c(ccc5ccccc54)c3)N=C(c3cccc4oc5c(-c6ccc7ccccc7c6)cccc5c34)N2)cc1. The molecule has 230 valence electrons. The van der Waals surface area contributed by atoms with E-state index in [4.69, 9.17) is 14.4 Å². The summed E-state index contributed by atoms with van der Waals surface area (Å²) in [6.45, 7) is 0. The minimum absolute atomic E-state index is 0.308. The maximum Gasteiger partial charge on any atom is 0.159 e. The Morgan fingerprint density at radius 1 is 0.490 bits per heavy atom. The predicted molar refractivity (Wildman–Crippen MR) is 204 cm³/mol. The van der Waals surface area contributed by atoms with E-state index in [0.29, 0.717) is 5.84 Å². The van der Waals surface area contributed by atoms with Crippen LogP contribution in [0.1, 0.15) is 22.9 Å². The Morgan fingerprint density at radius 3 is 2.08 bits per heavy atom. The maximum atomic E-state index is 6.67. The van der Waals surface area contributed by atoms with Crippen molar-refractivity contribution >= 4 is 65.9 Å². The Bertz CT molecular complexity index is 2810. The molecule has 1 aliphatic rings. The minimum Gasteiger partial charge on any atom is -0.455 e. The van der Waals surface area contributed by atoms with Crippen molar-refractivity contribution in [1.82, 2.24) is 5.32 Å². The molecule has 1 unspecified atom stereocenters. The second-order valence-electron chi connectivity index (χ2n) is 12.6. The van der Waals surface area contributed by atoms with Gasteiger partial charge in [0.1, 0.15) is 23.2 Å². The van der Waals surface area contributed by atoms with Crippen LogP contribution in [-0.2, 0) is 0 Å². The van der Waals surface area contributed by atoms with Crippen molar-refractivity contribution in [3.8, 4) is 11.1 Å². The number of nitrogens with one attached hydrogen (secondary N) is 1. The van der Waals surface area contributed by atoms with Crippen LogP contribution >= 0.6 is 0 Å². The van der Waals surface area contributed by atoms with Crippen LogP contribution in [0.2, 0.25) is 0 Å². The van der Waals surface area contributed by atoms with E-state index in [1.807, 2.05) is 18.2 Å². The van der Waals surface area contributed by atoms with Crippen LogP contribution in [0, 0.1) is 0 Å². The lowest BCUT2D eigenvalue weighted by Gasteiger charge is -2.24. The molecular weight excluding hydrogens is 599 g/mol. The zero-order valence-electron chi connectivity index (χ0n) is 26.5. The first kappa shape index (κ1) is 27.6. The molecule has 2 heterocycles. The highest BCUT2D eigenvalue weighted by Crippen LogP contribution is 2.39. The highest BCUT2D eigenvalue weighted by Gasteiger charge is 2.24. The van der Waals surface area contributed by atoms with E-state index in [2.05, 4.69) is 151 Å². The molecule has 4 nitrogen and oxygen atoms in total. The molecule has 0 bridgehead atoms. The van der Waals surface area contributed by atoms with Crippen LogP contribution in [0.4, 0.5) is 0 Å². The number of benzene rings is 8. The van der Waals surface area contributed by atoms with Gasteiger partial charge in [0.15, 0.2) is 5.84 Å². The van der Waals surface area contributed by atoms with Crippen molar-refractivity contribution in [3.05, 3.63) is 180 Å². The fourth-order valence-electron chi connectivity index (χ4n) is 7.30. The van der Waals surface area contributed by atoms with Gasteiger partial charge >= 0.3 is 0 Å². The summed E-state index contributed by atoms with van der Waals surface area (Å²) in [6, 6.07) is 57.5. The van der Waals surface area contributed by atoms with Gasteiger partial charge in [0.2, 0.25) is 0 Å². The number of rotatable bonds is 4.